The summed E-state index contributed by atoms with van der Waals surface area (Å²) in [6.45, 7) is 0.806. The lowest BCUT2D eigenvalue weighted by atomic mass is 10.0. The fourth-order valence-corrected chi connectivity index (χ4v) is 1.93. The van der Waals surface area contributed by atoms with Crippen LogP contribution in [0.3, 0.4) is 0 Å². The van der Waals surface area contributed by atoms with E-state index < -0.39 is 0 Å². The van der Waals surface area contributed by atoms with Gasteiger partial charge in [0.05, 0.1) is 13.7 Å². The molecule has 0 saturated carbocycles. The molecule has 5 nitrogen and oxygen atoms in total. The van der Waals surface area contributed by atoms with Gasteiger partial charge in [0.25, 0.3) is 0 Å². The highest BCUT2D eigenvalue weighted by atomic mass is 16.5. The van der Waals surface area contributed by atoms with Gasteiger partial charge >= 0.3 is 5.97 Å². The van der Waals surface area contributed by atoms with Crippen LogP contribution in [0.25, 0.3) is 0 Å². The molecule has 0 unspecified atom stereocenters. The number of fused-ring (bicyclic) bond motifs is 1. The van der Waals surface area contributed by atoms with Crippen molar-refractivity contribution in [2.75, 3.05) is 19.0 Å². The van der Waals surface area contributed by atoms with Crippen molar-refractivity contribution in [2.24, 2.45) is 0 Å². The number of methoxy groups -OCH3 is 1. The van der Waals surface area contributed by atoms with Crippen LogP contribution in [0.4, 0.5) is 5.69 Å². The van der Waals surface area contributed by atoms with E-state index in [0.717, 1.165) is 23.2 Å². The maximum Gasteiger partial charge on any atom is 0.319 e. The van der Waals surface area contributed by atoms with Gasteiger partial charge in [0.15, 0.2) is 0 Å². The van der Waals surface area contributed by atoms with Crippen LogP contribution >= 0.6 is 0 Å². The van der Waals surface area contributed by atoms with Crippen LogP contribution in [-0.2, 0) is 27.3 Å². The monoisotopic (exact) mass is 248 g/mol. The first-order chi connectivity index (χ1) is 8.69. The zero-order valence-electron chi connectivity index (χ0n) is 10.3. The second-order valence-electron chi connectivity index (χ2n) is 4.22. The van der Waals surface area contributed by atoms with Crippen LogP contribution in [0.2, 0.25) is 0 Å². The molecule has 1 aromatic carbocycles. The predicted octanol–water partition coefficient (Wildman–Crippen LogP) is 0.834. The van der Waals surface area contributed by atoms with E-state index in [1.807, 2.05) is 12.1 Å². The van der Waals surface area contributed by atoms with Crippen molar-refractivity contribution in [1.82, 2.24) is 5.32 Å². The van der Waals surface area contributed by atoms with Crippen LogP contribution in [-0.4, -0.2) is 25.5 Å². The lowest BCUT2D eigenvalue weighted by molar-refractivity contribution is -0.139. The first kappa shape index (κ1) is 12.6. The van der Waals surface area contributed by atoms with E-state index in [-0.39, 0.29) is 18.4 Å². The molecule has 0 aromatic heterocycles. The molecule has 2 N–H and O–H groups in total. The minimum absolute atomic E-state index is 0.0686. The Balaban J connectivity index is 1.95. The maximum atomic E-state index is 11.2. The number of hydrogen-bond donors (Lipinski definition) is 2. The van der Waals surface area contributed by atoms with E-state index in [4.69, 9.17) is 0 Å². The van der Waals surface area contributed by atoms with Crippen LogP contribution in [0.15, 0.2) is 18.2 Å². The van der Waals surface area contributed by atoms with E-state index in [1.54, 1.807) is 0 Å². The standard InChI is InChI=1S/C13H16N2O3/c1-18-13(17)8-14-7-9-2-4-11-10(6-9)3-5-12(16)15-11/h2,4,6,14H,3,5,7-8H2,1H3,(H,15,16). The molecule has 0 atom stereocenters. The van der Waals surface area contributed by atoms with Gasteiger partial charge in [-0.25, -0.2) is 0 Å². The topological polar surface area (TPSA) is 67.4 Å². The third-order valence-corrected chi connectivity index (χ3v) is 2.89. The number of carbonyl (C=O) groups is 2. The highest BCUT2D eigenvalue weighted by Gasteiger charge is 2.14. The molecule has 0 bridgehead atoms. The Bertz CT molecular complexity index is 471. The summed E-state index contributed by atoms with van der Waals surface area (Å²) in [5.41, 5.74) is 3.13. The molecule has 0 aliphatic carbocycles. The molecule has 1 aliphatic rings. The summed E-state index contributed by atoms with van der Waals surface area (Å²) in [7, 11) is 1.37. The van der Waals surface area contributed by atoms with Crippen molar-refractivity contribution in [3.63, 3.8) is 0 Å². The number of esters is 1. The smallest absolute Gasteiger partial charge is 0.319 e. The molecule has 1 aliphatic heterocycles. The van der Waals surface area contributed by atoms with Gasteiger partial charge in [0.1, 0.15) is 0 Å². The van der Waals surface area contributed by atoms with E-state index in [9.17, 15) is 9.59 Å². The van der Waals surface area contributed by atoms with E-state index in [1.165, 1.54) is 7.11 Å². The fourth-order valence-electron chi connectivity index (χ4n) is 1.93. The Kier molecular flexibility index (Phi) is 3.94. The van der Waals surface area contributed by atoms with Gasteiger partial charge in [-0.2, -0.15) is 0 Å². The van der Waals surface area contributed by atoms with Crippen molar-refractivity contribution in [1.29, 1.82) is 0 Å². The third kappa shape index (κ3) is 3.07. The Morgan fingerprint density at radius 3 is 3.06 bits per heavy atom. The average Bonchev–Trinajstić information content (AvgIpc) is 2.38. The van der Waals surface area contributed by atoms with E-state index in [0.29, 0.717) is 13.0 Å². The summed E-state index contributed by atoms with van der Waals surface area (Å²) < 4.78 is 4.54. The van der Waals surface area contributed by atoms with Crippen molar-refractivity contribution in [3.8, 4) is 0 Å². The SMILES string of the molecule is COC(=O)CNCc1ccc2c(c1)CCC(=O)N2. The lowest BCUT2D eigenvalue weighted by Crippen LogP contribution is -2.24. The molecule has 1 amide bonds. The minimum atomic E-state index is -0.278. The Morgan fingerprint density at radius 2 is 2.28 bits per heavy atom. The number of hydrogen-bond acceptors (Lipinski definition) is 4. The van der Waals surface area contributed by atoms with Crippen molar-refractivity contribution < 1.29 is 14.3 Å². The molecule has 18 heavy (non-hydrogen) atoms. The molecule has 96 valence electrons. The van der Waals surface area contributed by atoms with Gasteiger partial charge < -0.3 is 15.4 Å². The van der Waals surface area contributed by atoms with Gasteiger partial charge in [-0.05, 0) is 23.6 Å². The Hall–Kier alpha value is -1.88. The van der Waals surface area contributed by atoms with Crippen LogP contribution < -0.4 is 10.6 Å². The van der Waals surface area contributed by atoms with Crippen molar-refractivity contribution in [2.45, 2.75) is 19.4 Å². The highest BCUT2D eigenvalue weighted by Crippen LogP contribution is 2.23. The van der Waals surface area contributed by atoms with E-state index in [2.05, 4.69) is 21.4 Å². The number of amides is 1. The summed E-state index contributed by atoms with van der Waals surface area (Å²) in [6.07, 6.45) is 1.30. The third-order valence-electron chi connectivity index (χ3n) is 2.89. The van der Waals surface area contributed by atoms with E-state index >= 15 is 0 Å². The summed E-state index contributed by atoms with van der Waals surface area (Å²) in [5.74, 6) is -0.209. The summed E-state index contributed by atoms with van der Waals surface area (Å²) in [5, 5.41) is 5.84. The van der Waals surface area contributed by atoms with Crippen molar-refractivity contribution >= 4 is 17.6 Å². The minimum Gasteiger partial charge on any atom is -0.468 e. The molecule has 0 spiro atoms. The van der Waals surface area contributed by atoms with Gasteiger partial charge in [-0.1, -0.05) is 12.1 Å². The molecule has 5 heteroatoms. The number of ether oxygens (including phenoxy) is 1. The summed E-state index contributed by atoms with van der Waals surface area (Å²) >= 11 is 0. The largest absolute Gasteiger partial charge is 0.468 e. The number of carbonyl (C=O) groups excluding carboxylic acids is 2. The normalized spacial score (nSPS) is 13.7. The Morgan fingerprint density at radius 1 is 1.44 bits per heavy atom. The molecular weight excluding hydrogens is 232 g/mol. The summed E-state index contributed by atoms with van der Waals surface area (Å²) in [4.78, 5) is 22.2. The average molecular weight is 248 g/mol. The number of nitrogens with one attached hydrogen (secondary N) is 2. The van der Waals surface area contributed by atoms with Gasteiger partial charge in [0, 0.05) is 18.7 Å². The first-order valence-electron chi connectivity index (χ1n) is 5.88. The zero-order chi connectivity index (χ0) is 13.0. The van der Waals surface area contributed by atoms with Crippen molar-refractivity contribution in [3.05, 3.63) is 29.3 Å². The quantitative estimate of drug-likeness (QED) is 0.775. The molecule has 0 saturated heterocycles. The van der Waals surface area contributed by atoms with Crippen LogP contribution in [0.1, 0.15) is 17.5 Å². The second kappa shape index (κ2) is 5.64. The molecule has 1 heterocycles. The lowest BCUT2D eigenvalue weighted by Gasteiger charge is -2.17. The number of rotatable bonds is 4. The summed E-state index contributed by atoms with van der Waals surface area (Å²) in [6, 6.07) is 5.90. The number of anilines is 1. The zero-order valence-corrected chi connectivity index (χ0v) is 10.3. The molecule has 0 fully saturated rings. The maximum absolute atomic E-state index is 11.2. The fraction of sp³-hybridized carbons (Fsp3) is 0.385. The van der Waals surface area contributed by atoms with Crippen LogP contribution in [0.5, 0.6) is 0 Å². The van der Waals surface area contributed by atoms with Gasteiger partial charge in [-0.3, -0.25) is 9.59 Å². The van der Waals surface area contributed by atoms with Gasteiger partial charge in [-0.15, -0.1) is 0 Å². The molecular formula is C13H16N2O3. The highest BCUT2D eigenvalue weighted by molar-refractivity contribution is 5.93. The molecule has 0 radical (unpaired) electrons. The Labute approximate surface area is 106 Å². The first-order valence-corrected chi connectivity index (χ1v) is 5.88. The van der Waals surface area contributed by atoms with Crippen LogP contribution in [0, 0.1) is 0 Å². The number of benzene rings is 1. The molecule has 1 aromatic rings. The van der Waals surface area contributed by atoms with Gasteiger partial charge in [0.2, 0.25) is 5.91 Å². The second-order valence-corrected chi connectivity index (χ2v) is 4.22. The predicted molar refractivity (Wildman–Crippen MR) is 67.1 cm³/mol. The number of aryl methyl sites for hydroxylation is 1. The molecule has 2 rings (SSSR count).